The van der Waals surface area contributed by atoms with Crippen molar-refractivity contribution in [2.24, 2.45) is 0 Å². The van der Waals surface area contributed by atoms with Crippen LogP contribution < -0.4 is 14.8 Å². The van der Waals surface area contributed by atoms with Crippen molar-refractivity contribution >= 4 is 23.2 Å². The van der Waals surface area contributed by atoms with Crippen molar-refractivity contribution in [2.45, 2.75) is 33.8 Å². The summed E-state index contributed by atoms with van der Waals surface area (Å²) in [4.78, 5) is 12.7. The highest BCUT2D eigenvalue weighted by molar-refractivity contribution is 6.31. The molecule has 30 heavy (non-hydrogen) atoms. The second-order valence-corrected chi connectivity index (χ2v) is 7.37. The molecule has 0 atom stereocenters. The Balaban J connectivity index is 1.76. The van der Waals surface area contributed by atoms with Gasteiger partial charge < -0.3 is 14.8 Å². The molecule has 0 fully saturated rings. The molecule has 3 aromatic carbocycles. The van der Waals surface area contributed by atoms with Crippen LogP contribution >= 0.6 is 11.6 Å². The molecule has 1 N–H and O–H groups in total. The maximum Gasteiger partial charge on any atom is 0.255 e. The van der Waals surface area contributed by atoms with Gasteiger partial charge in [-0.2, -0.15) is 0 Å². The first kappa shape index (κ1) is 21.7. The minimum Gasteiger partial charge on any atom is -0.493 e. The zero-order valence-corrected chi connectivity index (χ0v) is 18.3. The van der Waals surface area contributed by atoms with Gasteiger partial charge in [0.2, 0.25) is 0 Å². The van der Waals surface area contributed by atoms with Crippen molar-refractivity contribution in [3.63, 3.8) is 0 Å². The van der Waals surface area contributed by atoms with Gasteiger partial charge in [-0.15, -0.1) is 0 Å². The number of hydrogen-bond acceptors (Lipinski definition) is 3. The molecule has 4 nitrogen and oxygen atoms in total. The summed E-state index contributed by atoms with van der Waals surface area (Å²) in [6.07, 6.45) is 0.962. The van der Waals surface area contributed by atoms with Crippen LogP contribution in [0.25, 0.3) is 0 Å². The zero-order chi connectivity index (χ0) is 21.5. The molecular formula is C25H26ClNO3. The summed E-state index contributed by atoms with van der Waals surface area (Å²) in [5.74, 6) is 1.24. The smallest absolute Gasteiger partial charge is 0.255 e. The first-order valence-electron chi connectivity index (χ1n) is 10.0. The van der Waals surface area contributed by atoms with E-state index in [0.29, 0.717) is 28.7 Å². The molecule has 0 heterocycles. The van der Waals surface area contributed by atoms with Crippen LogP contribution in [0.5, 0.6) is 11.5 Å². The van der Waals surface area contributed by atoms with Gasteiger partial charge in [-0.25, -0.2) is 0 Å². The molecule has 156 valence electrons. The fourth-order valence-corrected chi connectivity index (χ4v) is 3.14. The van der Waals surface area contributed by atoms with E-state index in [-0.39, 0.29) is 12.5 Å². The normalized spacial score (nSPS) is 10.5. The number of hydrogen-bond donors (Lipinski definition) is 1. The van der Waals surface area contributed by atoms with Crippen LogP contribution in [-0.2, 0) is 13.0 Å². The number of carbonyl (C=O) groups excluding carboxylic acids is 1. The summed E-state index contributed by atoms with van der Waals surface area (Å²) in [5.41, 5.74) is 4.29. The lowest BCUT2D eigenvalue weighted by Crippen LogP contribution is -2.13. The molecule has 0 aliphatic heterocycles. The molecule has 0 saturated heterocycles. The van der Waals surface area contributed by atoms with Gasteiger partial charge in [0.1, 0.15) is 18.1 Å². The fourth-order valence-electron chi connectivity index (χ4n) is 3.02. The zero-order valence-electron chi connectivity index (χ0n) is 17.5. The highest BCUT2D eigenvalue weighted by atomic mass is 35.5. The van der Waals surface area contributed by atoms with Crippen LogP contribution in [0.4, 0.5) is 5.69 Å². The largest absolute Gasteiger partial charge is 0.493 e. The van der Waals surface area contributed by atoms with Crippen molar-refractivity contribution in [1.82, 2.24) is 0 Å². The van der Waals surface area contributed by atoms with E-state index in [1.54, 1.807) is 6.07 Å². The SMILES string of the molecule is CCOc1ccc(C(=O)Nc2ccc(CC)cc2)cc1COc1ccc(Cl)c(C)c1. The first-order chi connectivity index (χ1) is 14.5. The molecule has 3 aromatic rings. The highest BCUT2D eigenvalue weighted by Crippen LogP contribution is 2.25. The third-order valence-electron chi connectivity index (χ3n) is 4.77. The molecule has 1 amide bonds. The minimum absolute atomic E-state index is 0.175. The number of amides is 1. The average Bonchev–Trinajstić information content (AvgIpc) is 2.76. The van der Waals surface area contributed by atoms with E-state index in [1.807, 2.05) is 68.4 Å². The number of anilines is 1. The van der Waals surface area contributed by atoms with Gasteiger partial charge in [0, 0.05) is 21.8 Å². The first-order valence-corrected chi connectivity index (χ1v) is 10.4. The Morgan fingerprint density at radius 3 is 2.40 bits per heavy atom. The molecule has 0 radical (unpaired) electrons. The number of halogens is 1. The second-order valence-electron chi connectivity index (χ2n) is 6.96. The van der Waals surface area contributed by atoms with Gasteiger partial charge in [0.05, 0.1) is 6.61 Å². The van der Waals surface area contributed by atoms with Crippen molar-refractivity contribution in [3.8, 4) is 11.5 Å². The Labute approximate surface area is 182 Å². The quantitative estimate of drug-likeness (QED) is 0.453. The Bertz CT molecular complexity index is 1020. The lowest BCUT2D eigenvalue weighted by atomic mass is 10.1. The number of ether oxygens (including phenoxy) is 2. The fraction of sp³-hybridized carbons (Fsp3) is 0.240. The maximum absolute atomic E-state index is 12.7. The molecule has 5 heteroatoms. The summed E-state index contributed by atoms with van der Waals surface area (Å²) in [6, 6.07) is 18.8. The molecule has 0 aromatic heterocycles. The van der Waals surface area contributed by atoms with Crippen LogP contribution in [0.2, 0.25) is 5.02 Å². The Morgan fingerprint density at radius 2 is 1.73 bits per heavy atom. The van der Waals surface area contributed by atoms with Gasteiger partial charge in [-0.3, -0.25) is 4.79 Å². The lowest BCUT2D eigenvalue weighted by Gasteiger charge is -2.14. The molecule has 0 bridgehead atoms. The predicted octanol–water partition coefficient (Wildman–Crippen LogP) is 6.44. The van der Waals surface area contributed by atoms with E-state index in [1.165, 1.54) is 5.56 Å². The highest BCUT2D eigenvalue weighted by Gasteiger charge is 2.12. The molecule has 0 saturated carbocycles. The number of aryl methyl sites for hydroxylation is 2. The van der Waals surface area contributed by atoms with E-state index in [4.69, 9.17) is 21.1 Å². The van der Waals surface area contributed by atoms with Gasteiger partial charge in [0.15, 0.2) is 0 Å². The number of benzene rings is 3. The van der Waals surface area contributed by atoms with Crippen molar-refractivity contribution in [2.75, 3.05) is 11.9 Å². The summed E-state index contributed by atoms with van der Waals surface area (Å²) >= 11 is 6.08. The molecule has 3 rings (SSSR count). The molecular weight excluding hydrogens is 398 g/mol. The van der Waals surface area contributed by atoms with Crippen molar-refractivity contribution in [3.05, 3.63) is 87.9 Å². The van der Waals surface area contributed by atoms with Crippen LogP contribution in [0.15, 0.2) is 60.7 Å². The molecule has 0 spiro atoms. The van der Waals surface area contributed by atoms with Crippen LogP contribution in [0.1, 0.15) is 40.9 Å². The van der Waals surface area contributed by atoms with Crippen LogP contribution in [-0.4, -0.2) is 12.5 Å². The molecule has 0 aliphatic carbocycles. The van der Waals surface area contributed by atoms with Gasteiger partial charge >= 0.3 is 0 Å². The van der Waals surface area contributed by atoms with E-state index >= 15 is 0 Å². The third-order valence-corrected chi connectivity index (χ3v) is 5.19. The second kappa shape index (κ2) is 10.2. The standard InChI is InChI=1S/C25H26ClNO3/c1-4-18-6-9-21(10-7-18)27-25(28)19-8-13-24(29-5-2)20(15-19)16-30-22-11-12-23(26)17(3)14-22/h6-15H,4-5,16H2,1-3H3,(H,27,28). The van der Waals surface area contributed by atoms with Crippen LogP contribution in [0, 0.1) is 6.92 Å². The monoisotopic (exact) mass is 423 g/mol. The van der Waals surface area contributed by atoms with Crippen LogP contribution in [0.3, 0.4) is 0 Å². The Morgan fingerprint density at radius 1 is 0.967 bits per heavy atom. The van der Waals surface area contributed by atoms with E-state index in [9.17, 15) is 4.79 Å². The summed E-state index contributed by atoms with van der Waals surface area (Å²) < 4.78 is 11.6. The van der Waals surface area contributed by atoms with Crippen molar-refractivity contribution in [1.29, 1.82) is 0 Å². The number of nitrogens with one attached hydrogen (secondary N) is 1. The summed E-state index contributed by atoms with van der Waals surface area (Å²) in [6.45, 7) is 6.76. The van der Waals surface area contributed by atoms with E-state index in [0.717, 1.165) is 23.2 Å². The predicted molar refractivity (Wildman–Crippen MR) is 122 cm³/mol. The average molecular weight is 424 g/mol. The van der Waals surface area contributed by atoms with Gasteiger partial charge in [0.25, 0.3) is 5.91 Å². The van der Waals surface area contributed by atoms with Gasteiger partial charge in [-0.05, 0) is 79.9 Å². The maximum atomic E-state index is 12.7. The Hall–Kier alpha value is -2.98. The molecule has 0 unspecified atom stereocenters. The number of rotatable bonds is 8. The van der Waals surface area contributed by atoms with E-state index < -0.39 is 0 Å². The van der Waals surface area contributed by atoms with Gasteiger partial charge in [-0.1, -0.05) is 30.7 Å². The summed E-state index contributed by atoms with van der Waals surface area (Å²) in [7, 11) is 0. The topological polar surface area (TPSA) is 47.6 Å². The van der Waals surface area contributed by atoms with Crippen molar-refractivity contribution < 1.29 is 14.3 Å². The molecule has 0 aliphatic rings. The lowest BCUT2D eigenvalue weighted by molar-refractivity contribution is 0.102. The number of carbonyl (C=O) groups is 1. The minimum atomic E-state index is -0.175. The summed E-state index contributed by atoms with van der Waals surface area (Å²) in [5, 5.41) is 3.64. The third kappa shape index (κ3) is 5.55. The van der Waals surface area contributed by atoms with E-state index in [2.05, 4.69) is 12.2 Å². The Kier molecular flexibility index (Phi) is 7.36.